The van der Waals surface area contributed by atoms with Gasteiger partial charge in [0.25, 0.3) is 0 Å². The molecule has 5 heteroatoms. The monoisotopic (exact) mass is 472 g/mol. The van der Waals surface area contributed by atoms with Crippen molar-refractivity contribution >= 4 is 39.2 Å². The van der Waals surface area contributed by atoms with E-state index < -0.39 is 6.00 Å². The summed E-state index contributed by atoms with van der Waals surface area (Å²) >= 11 is 19.3. The van der Waals surface area contributed by atoms with Gasteiger partial charge in [-0.15, -0.1) is 33.2 Å². The van der Waals surface area contributed by atoms with E-state index in [0.29, 0.717) is 5.54 Å². The second-order valence-electron chi connectivity index (χ2n) is 9.44. The normalized spacial score (nSPS) is 13.8. The van der Waals surface area contributed by atoms with Crippen molar-refractivity contribution in [3.05, 3.63) is 0 Å². The Labute approximate surface area is 192 Å². The fourth-order valence-electron chi connectivity index (χ4n) is 4.10. The van der Waals surface area contributed by atoms with Gasteiger partial charge in [-0.1, -0.05) is 97.3 Å². The van der Waals surface area contributed by atoms with Gasteiger partial charge in [0.1, 0.15) is 0 Å². The first-order chi connectivity index (χ1) is 13.2. The number of rotatable bonds is 20. The molecular weight excluding hydrogens is 425 g/mol. The minimum absolute atomic E-state index is 0.319. The Morgan fingerprint density at radius 1 is 0.571 bits per heavy atom. The lowest BCUT2D eigenvalue weighted by molar-refractivity contribution is -0.890. The molecule has 0 amide bonds. The summed E-state index contributed by atoms with van der Waals surface area (Å²) in [5.74, 6) is 0. The molecule has 0 saturated carbocycles. The van der Waals surface area contributed by atoms with E-state index in [0.717, 1.165) is 23.9 Å². The van der Waals surface area contributed by atoms with Crippen LogP contribution in [0.1, 0.15) is 117 Å². The molecular formula is C23H49Cl3NSi+. The Kier molecular flexibility index (Phi) is 18.4. The number of quaternary nitrogens is 1. The van der Waals surface area contributed by atoms with Gasteiger partial charge in [-0.3, -0.25) is 0 Å². The molecule has 0 bridgehead atoms. The van der Waals surface area contributed by atoms with Gasteiger partial charge in [0.15, 0.2) is 0 Å². The Balaban J connectivity index is 3.73. The third-order valence-corrected chi connectivity index (χ3v) is 10.3. The number of hydrogen-bond acceptors (Lipinski definition) is 0. The summed E-state index contributed by atoms with van der Waals surface area (Å²) < 4.78 is 1.04. The molecule has 28 heavy (non-hydrogen) atoms. The minimum atomic E-state index is -2.61. The minimum Gasteiger partial charge on any atom is -0.328 e. The van der Waals surface area contributed by atoms with E-state index >= 15 is 0 Å². The van der Waals surface area contributed by atoms with Crippen molar-refractivity contribution in [1.82, 2.24) is 0 Å². The quantitative estimate of drug-likeness (QED) is 0.0714. The van der Waals surface area contributed by atoms with Gasteiger partial charge >= 0.3 is 6.00 Å². The first-order valence-electron chi connectivity index (χ1n) is 12.1. The molecule has 170 valence electrons. The first-order valence-corrected chi connectivity index (χ1v) is 17.2. The number of unbranched alkanes of at least 4 members (excludes halogenated alkanes) is 12. The fourth-order valence-corrected chi connectivity index (χ4v) is 7.05. The summed E-state index contributed by atoms with van der Waals surface area (Å²) in [4.78, 5) is 0. The summed E-state index contributed by atoms with van der Waals surface area (Å²) in [6.07, 6.45) is 21.4. The molecule has 0 aromatic carbocycles. The van der Waals surface area contributed by atoms with E-state index in [1.54, 1.807) is 0 Å². The van der Waals surface area contributed by atoms with E-state index in [9.17, 15) is 0 Å². The summed E-state index contributed by atoms with van der Waals surface area (Å²) in [7, 11) is 4.59. The molecule has 0 saturated heterocycles. The van der Waals surface area contributed by atoms with E-state index in [1.807, 2.05) is 0 Å². The molecule has 0 radical (unpaired) electrons. The Morgan fingerprint density at radius 2 is 1.00 bits per heavy atom. The van der Waals surface area contributed by atoms with Crippen LogP contribution in [0.15, 0.2) is 0 Å². The lowest BCUT2D eigenvalue weighted by atomic mass is 10.0. The Bertz CT molecular complexity index is 345. The highest BCUT2D eigenvalue weighted by atomic mass is 35.8. The van der Waals surface area contributed by atoms with Crippen molar-refractivity contribution < 1.29 is 4.48 Å². The lowest BCUT2D eigenvalue weighted by Crippen LogP contribution is -2.42. The topological polar surface area (TPSA) is 0 Å². The highest BCUT2D eigenvalue weighted by Gasteiger charge is 2.37. The first kappa shape index (κ1) is 29.0. The van der Waals surface area contributed by atoms with Crippen LogP contribution >= 0.6 is 33.2 Å². The van der Waals surface area contributed by atoms with E-state index in [-0.39, 0.29) is 0 Å². The standard InChI is InChI=1S/C23H49Cl3NSi/c1-5-7-8-9-10-11-12-13-14-15-16-17-18-19-23(28(24,25)26)20-22-27(3,4)21-6-2/h23H,5-22H2,1-4H3/q+1. The molecule has 0 rings (SSSR count). The lowest BCUT2D eigenvalue weighted by Gasteiger charge is -2.32. The molecule has 0 aliphatic rings. The number of halogens is 3. The Hall–Kier alpha value is 1.05. The van der Waals surface area contributed by atoms with Gasteiger partial charge < -0.3 is 4.48 Å². The van der Waals surface area contributed by atoms with Crippen LogP contribution in [0, 0.1) is 0 Å². The second kappa shape index (κ2) is 17.7. The van der Waals surface area contributed by atoms with Gasteiger partial charge in [-0.25, -0.2) is 0 Å². The maximum Gasteiger partial charge on any atom is 0.344 e. The number of hydrogen-bond donors (Lipinski definition) is 0. The zero-order chi connectivity index (χ0) is 21.3. The SMILES string of the molecule is CCCCCCCCCCCCCCCC(CC[N+](C)(C)CCC)[Si](Cl)(Cl)Cl. The summed E-state index contributed by atoms with van der Waals surface area (Å²) in [6, 6.07) is -2.61. The molecule has 1 nitrogen and oxygen atoms in total. The molecule has 0 aliphatic carbocycles. The van der Waals surface area contributed by atoms with E-state index in [4.69, 9.17) is 33.2 Å². The molecule has 0 N–H and O–H groups in total. The molecule has 0 fully saturated rings. The van der Waals surface area contributed by atoms with Crippen molar-refractivity contribution in [2.75, 3.05) is 27.2 Å². The van der Waals surface area contributed by atoms with Gasteiger partial charge in [-0.2, -0.15) is 0 Å². The van der Waals surface area contributed by atoms with Crippen LogP contribution in [0.4, 0.5) is 0 Å². The van der Waals surface area contributed by atoms with Crippen LogP contribution < -0.4 is 0 Å². The summed E-state index contributed by atoms with van der Waals surface area (Å²) in [5, 5.41) is 0. The van der Waals surface area contributed by atoms with Gasteiger partial charge in [-0.05, 0) is 18.4 Å². The maximum atomic E-state index is 6.42. The average molecular weight is 474 g/mol. The molecule has 0 aromatic rings. The van der Waals surface area contributed by atoms with Crippen molar-refractivity contribution in [2.24, 2.45) is 0 Å². The van der Waals surface area contributed by atoms with Crippen molar-refractivity contribution in [2.45, 2.75) is 122 Å². The molecule has 0 aliphatic heterocycles. The molecule has 0 aromatic heterocycles. The summed E-state index contributed by atoms with van der Waals surface area (Å²) in [5.41, 5.74) is 0.319. The van der Waals surface area contributed by atoms with Gasteiger partial charge in [0.2, 0.25) is 0 Å². The molecule has 0 heterocycles. The van der Waals surface area contributed by atoms with Gasteiger partial charge in [0, 0.05) is 6.42 Å². The van der Waals surface area contributed by atoms with E-state index in [2.05, 4.69) is 27.9 Å². The van der Waals surface area contributed by atoms with Crippen LogP contribution in [0.5, 0.6) is 0 Å². The van der Waals surface area contributed by atoms with Crippen LogP contribution in [0.25, 0.3) is 0 Å². The summed E-state index contributed by atoms with van der Waals surface area (Å²) in [6.45, 7) is 6.85. The molecule has 1 atom stereocenters. The second-order valence-corrected chi connectivity index (χ2v) is 18.4. The predicted molar refractivity (Wildman–Crippen MR) is 134 cm³/mol. The zero-order valence-corrected chi connectivity index (χ0v) is 22.7. The highest BCUT2D eigenvalue weighted by molar-refractivity contribution is 7.65. The van der Waals surface area contributed by atoms with Crippen molar-refractivity contribution in [3.8, 4) is 0 Å². The third-order valence-electron chi connectivity index (χ3n) is 6.03. The van der Waals surface area contributed by atoms with Crippen molar-refractivity contribution in [3.63, 3.8) is 0 Å². The third kappa shape index (κ3) is 17.9. The van der Waals surface area contributed by atoms with Crippen LogP contribution in [-0.4, -0.2) is 37.7 Å². The molecule has 1 unspecified atom stereocenters. The van der Waals surface area contributed by atoms with Crippen molar-refractivity contribution in [1.29, 1.82) is 0 Å². The largest absolute Gasteiger partial charge is 0.344 e. The fraction of sp³-hybridized carbons (Fsp3) is 1.00. The van der Waals surface area contributed by atoms with E-state index in [1.165, 1.54) is 96.4 Å². The predicted octanol–water partition coefficient (Wildman–Crippen LogP) is 9.37. The molecule has 0 spiro atoms. The maximum absolute atomic E-state index is 6.42. The highest BCUT2D eigenvalue weighted by Crippen LogP contribution is 2.40. The van der Waals surface area contributed by atoms with Gasteiger partial charge in [0.05, 0.1) is 27.2 Å². The van der Waals surface area contributed by atoms with Crippen LogP contribution in [-0.2, 0) is 0 Å². The smallest absolute Gasteiger partial charge is 0.328 e. The number of nitrogens with zero attached hydrogens (tertiary/aromatic N) is 1. The van der Waals surface area contributed by atoms with Crippen LogP contribution in [0.2, 0.25) is 5.54 Å². The average Bonchev–Trinajstić information content (AvgIpc) is 2.60. The Morgan fingerprint density at radius 3 is 1.39 bits per heavy atom. The van der Waals surface area contributed by atoms with Crippen LogP contribution in [0.3, 0.4) is 0 Å². The zero-order valence-electron chi connectivity index (χ0n) is 19.4.